The molecule has 0 saturated carbocycles. The predicted molar refractivity (Wildman–Crippen MR) is 205 cm³/mol. The van der Waals surface area contributed by atoms with Crippen LogP contribution in [0.15, 0.2) is 128 Å². The third-order valence-corrected chi connectivity index (χ3v) is 10.5. The zero-order valence-electron chi connectivity index (χ0n) is 30.0. The lowest BCUT2D eigenvalue weighted by molar-refractivity contribution is -0.0500. The molecule has 1 atom stereocenters. The number of nitrogens with zero attached hydrogens (tertiary/aromatic N) is 3. The molecule has 0 radical (unpaired) electrons. The number of hydrogen-bond donors (Lipinski definition) is 2. The van der Waals surface area contributed by atoms with Crippen molar-refractivity contribution in [1.82, 2.24) is 14.8 Å². The van der Waals surface area contributed by atoms with Gasteiger partial charge >= 0.3 is 21.7 Å². The van der Waals surface area contributed by atoms with Crippen LogP contribution in [0.25, 0.3) is 16.6 Å². The molecular formula is C41H33F3N4O8S. The smallest absolute Gasteiger partial charge is 0.493 e. The summed E-state index contributed by atoms with van der Waals surface area (Å²) in [7, 11) is -5.15. The summed E-state index contributed by atoms with van der Waals surface area (Å²) >= 11 is 0. The molecule has 57 heavy (non-hydrogen) atoms. The van der Waals surface area contributed by atoms with Crippen LogP contribution in [-0.4, -0.2) is 66.1 Å². The average molecular weight is 799 g/mol. The quantitative estimate of drug-likeness (QED) is 0.106. The van der Waals surface area contributed by atoms with E-state index in [9.17, 15) is 41.1 Å². The van der Waals surface area contributed by atoms with Crippen molar-refractivity contribution in [2.24, 2.45) is 0 Å². The number of nitrogens with one attached hydrogen (secondary N) is 1. The van der Waals surface area contributed by atoms with Gasteiger partial charge in [0.05, 0.1) is 35.5 Å². The highest BCUT2D eigenvalue weighted by Gasteiger charge is 2.49. The Hall–Kier alpha value is -6.81. The Labute approximate surface area is 324 Å². The topological polar surface area (TPSA) is 147 Å². The average Bonchev–Trinajstić information content (AvgIpc) is 3.59. The van der Waals surface area contributed by atoms with Gasteiger partial charge in [-0.15, -0.1) is 0 Å². The molecule has 2 N–H and O–H groups in total. The number of aromatic nitrogens is 1. The van der Waals surface area contributed by atoms with E-state index in [0.717, 1.165) is 30.4 Å². The molecule has 0 aliphatic carbocycles. The Bertz CT molecular complexity index is 2560. The lowest BCUT2D eigenvalue weighted by Gasteiger charge is -2.37. The predicted octanol–water partition coefficient (Wildman–Crippen LogP) is 7.68. The van der Waals surface area contributed by atoms with E-state index in [1.165, 1.54) is 20.6 Å². The van der Waals surface area contributed by atoms with Crippen molar-refractivity contribution in [3.63, 3.8) is 0 Å². The summed E-state index contributed by atoms with van der Waals surface area (Å²) in [6.45, 7) is -0.227. The van der Waals surface area contributed by atoms with Crippen molar-refractivity contribution in [1.29, 1.82) is 0 Å². The number of ether oxygens (including phenoxy) is 1. The molecule has 0 fully saturated rings. The van der Waals surface area contributed by atoms with Crippen LogP contribution < -0.4 is 19.1 Å². The first-order chi connectivity index (χ1) is 27.3. The molecule has 3 amide bonds. The van der Waals surface area contributed by atoms with E-state index in [-0.39, 0.29) is 36.3 Å². The van der Waals surface area contributed by atoms with Crippen molar-refractivity contribution in [3.05, 3.63) is 150 Å². The Morgan fingerprint density at radius 2 is 1.42 bits per heavy atom. The van der Waals surface area contributed by atoms with E-state index in [0.29, 0.717) is 22.3 Å². The van der Waals surface area contributed by atoms with Crippen LogP contribution in [0, 0.1) is 0 Å². The van der Waals surface area contributed by atoms with E-state index in [2.05, 4.69) is 9.50 Å². The minimum Gasteiger partial charge on any atom is -0.493 e. The molecule has 0 unspecified atom stereocenters. The molecule has 1 aliphatic heterocycles. The number of hydrogen-bond acceptors (Lipinski definition) is 7. The van der Waals surface area contributed by atoms with Gasteiger partial charge in [0.2, 0.25) is 0 Å². The van der Waals surface area contributed by atoms with Crippen LogP contribution in [0.1, 0.15) is 31.8 Å². The van der Waals surface area contributed by atoms with E-state index < -0.39 is 51.1 Å². The molecule has 7 rings (SSSR count). The first kappa shape index (κ1) is 38.5. The number of rotatable bonds is 10. The molecule has 6 aromatic rings. The summed E-state index contributed by atoms with van der Waals surface area (Å²) in [4.78, 5) is 44.1. The van der Waals surface area contributed by atoms with Gasteiger partial charge in [-0.2, -0.15) is 21.6 Å². The van der Waals surface area contributed by atoms with Gasteiger partial charge in [0, 0.05) is 48.2 Å². The summed E-state index contributed by atoms with van der Waals surface area (Å²) in [5.41, 5.74) is -2.85. The van der Waals surface area contributed by atoms with Crippen LogP contribution in [0.4, 0.5) is 29.3 Å². The molecular weight excluding hydrogens is 766 g/mol. The first-order valence-corrected chi connectivity index (χ1v) is 18.8. The van der Waals surface area contributed by atoms with Crippen LogP contribution in [0.3, 0.4) is 0 Å². The van der Waals surface area contributed by atoms with E-state index >= 15 is 0 Å². The number of para-hydroxylation sites is 3. The Kier molecular flexibility index (Phi) is 10.4. The third-order valence-electron chi connectivity index (χ3n) is 9.53. The molecule has 1 aliphatic rings. The number of anilines is 2. The molecule has 2 heterocycles. The largest absolute Gasteiger partial charge is 0.534 e. The zero-order valence-corrected chi connectivity index (χ0v) is 30.8. The number of benzene rings is 5. The number of amides is 3. The number of halogens is 3. The fraction of sp³-hybridized carbons (Fsp3) is 0.146. The van der Waals surface area contributed by atoms with Gasteiger partial charge in [0.15, 0.2) is 11.5 Å². The standard InChI is InChI=1S/C41H33F3N4O8S/c1-55-36-22-35(47-25-33(31-18-10-11-19-34(31)47)39(50)48(28-14-4-2-5-15-28)29-16-6-3-7-17-29)32(21-37(36)56-57(53,54)41(42,43)44)38(49)46-24-27-13-9-8-12-26(27)20-30(46)23-45-40(51)52/h2-19,21-22,25,30,45H,20,23-24H2,1H3,(H,51,52)/t30-/m0/s1. The normalized spacial score (nSPS) is 14.1. The number of carbonyl (C=O) groups excluding carboxylic acids is 2. The molecule has 0 spiro atoms. The van der Waals surface area contributed by atoms with Gasteiger partial charge in [-0.1, -0.05) is 78.9 Å². The highest BCUT2D eigenvalue weighted by Crippen LogP contribution is 2.40. The van der Waals surface area contributed by atoms with E-state index in [4.69, 9.17) is 4.74 Å². The molecule has 0 bridgehead atoms. The van der Waals surface area contributed by atoms with Crippen LogP contribution in [-0.2, 0) is 23.1 Å². The van der Waals surface area contributed by atoms with Gasteiger partial charge in [-0.3, -0.25) is 14.5 Å². The second-order valence-corrected chi connectivity index (χ2v) is 14.5. The maximum absolute atomic E-state index is 14.9. The summed E-state index contributed by atoms with van der Waals surface area (Å²) in [6.07, 6.45) is 0.370. The lowest BCUT2D eigenvalue weighted by atomic mass is 9.93. The molecule has 16 heteroatoms. The van der Waals surface area contributed by atoms with Crippen molar-refractivity contribution < 1.29 is 50.0 Å². The summed E-state index contributed by atoms with van der Waals surface area (Å²) in [5, 5.41) is 12.2. The number of fused-ring (bicyclic) bond motifs is 2. The molecule has 1 aromatic heterocycles. The number of alkyl halides is 3. The minimum absolute atomic E-state index is 0.00127. The molecule has 12 nitrogen and oxygen atoms in total. The van der Waals surface area contributed by atoms with Crippen LogP contribution in [0.2, 0.25) is 0 Å². The van der Waals surface area contributed by atoms with Gasteiger partial charge in [-0.25, -0.2) is 4.79 Å². The van der Waals surface area contributed by atoms with Gasteiger partial charge in [0.1, 0.15) is 0 Å². The highest BCUT2D eigenvalue weighted by molar-refractivity contribution is 7.88. The van der Waals surface area contributed by atoms with Crippen LogP contribution in [0.5, 0.6) is 11.5 Å². The minimum atomic E-state index is -6.24. The molecule has 0 saturated heterocycles. The fourth-order valence-corrected chi connectivity index (χ4v) is 7.35. The molecule has 292 valence electrons. The maximum atomic E-state index is 14.9. The van der Waals surface area contributed by atoms with E-state index in [1.54, 1.807) is 91.0 Å². The number of carboxylic acid groups (broad SMARTS) is 1. The second-order valence-electron chi connectivity index (χ2n) is 13.0. The van der Waals surface area contributed by atoms with Gasteiger partial charge < -0.3 is 28.8 Å². The summed E-state index contributed by atoms with van der Waals surface area (Å²) < 4.78 is 76.9. The monoisotopic (exact) mass is 798 g/mol. The Morgan fingerprint density at radius 1 is 0.825 bits per heavy atom. The zero-order chi connectivity index (χ0) is 40.5. The Balaban J connectivity index is 1.44. The van der Waals surface area contributed by atoms with Crippen molar-refractivity contribution in [2.75, 3.05) is 18.6 Å². The summed E-state index contributed by atoms with van der Waals surface area (Å²) in [6, 6.07) is 33.1. The van der Waals surface area contributed by atoms with Gasteiger partial charge in [0.25, 0.3) is 11.8 Å². The number of carbonyl (C=O) groups is 3. The van der Waals surface area contributed by atoms with E-state index in [1.807, 2.05) is 18.2 Å². The van der Waals surface area contributed by atoms with Crippen molar-refractivity contribution in [3.8, 4) is 17.2 Å². The SMILES string of the molecule is COc1cc(-n2cc(C(=O)N(c3ccccc3)c3ccccc3)c3ccccc32)c(C(=O)N2Cc3ccccc3C[C@H]2CNC(=O)O)cc1OS(=O)(=O)C(F)(F)F. The van der Waals surface area contributed by atoms with Crippen LogP contribution >= 0.6 is 0 Å². The summed E-state index contributed by atoms with van der Waals surface area (Å²) in [5.74, 6) is -2.64. The lowest BCUT2D eigenvalue weighted by Crippen LogP contribution is -2.50. The molecule has 5 aromatic carbocycles. The first-order valence-electron chi connectivity index (χ1n) is 17.4. The fourth-order valence-electron chi connectivity index (χ4n) is 6.88. The van der Waals surface area contributed by atoms with Gasteiger partial charge in [-0.05, 0) is 47.9 Å². The second kappa shape index (κ2) is 15.4. The third kappa shape index (κ3) is 7.58. The maximum Gasteiger partial charge on any atom is 0.534 e. The number of methoxy groups -OCH3 is 1. The Morgan fingerprint density at radius 3 is 2.04 bits per heavy atom. The van der Waals surface area contributed by atoms with Crippen molar-refractivity contribution >= 4 is 50.3 Å². The highest BCUT2D eigenvalue weighted by atomic mass is 32.2. The van der Waals surface area contributed by atoms with Crippen molar-refractivity contribution in [2.45, 2.75) is 24.5 Å².